The summed E-state index contributed by atoms with van der Waals surface area (Å²) >= 11 is 12.2. The lowest BCUT2D eigenvalue weighted by Crippen LogP contribution is -2.29. The van der Waals surface area contributed by atoms with Gasteiger partial charge < -0.3 is 4.90 Å². The highest BCUT2D eigenvalue weighted by molar-refractivity contribution is 6.54. The van der Waals surface area contributed by atoms with Crippen LogP contribution in [0.1, 0.15) is 16.7 Å². The van der Waals surface area contributed by atoms with Crippen molar-refractivity contribution in [3.05, 3.63) is 93.5 Å². The van der Waals surface area contributed by atoms with Gasteiger partial charge in [-0.05, 0) is 48.4 Å². The minimum atomic E-state index is -0.122. The van der Waals surface area contributed by atoms with Gasteiger partial charge >= 0.3 is 0 Å². The fraction of sp³-hybridized carbons (Fsp3) is 0.0909. The van der Waals surface area contributed by atoms with Crippen molar-refractivity contribution in [2.24, 2.45) is 4.99 Å². The smallest absolute Gasteiger partial charge is 0.277 e. The number of halogens is 2. The van der Waals surface area contributed by atoms with Gasteiger partial charge in [0.05, 0.1) is 17.9 Å². The molecule has 0 aliphatic carbocycles. The van der Waals surface area contributed by atoms with Crippen LogP contribution in [0.4, 0.5) is 11.4 Å². The van der Waals surface area contributed by atoms with Gasteiger partial charge in [0.1, 0.15) is 5.71 Å². The Labute approximate surface area is 167 Å². The van der Waals surface area contributed by atoms with Gasteiger partial charge in [0.15, 0.2) is 0 Å². The second-order valence-corrected chi connectivity index (χ2v) is 7.27. The SMILES string of the molecule is Cc1ccc(N=C2C(=O)N(Cc3ccc(Cl)cc3)c3ccccc32)cc1Cl. The summed E-state index contributed by atoms with van der Waals surface area (Å²) in [5.74, 6) is -0.122. The first kappa shape index (κ1) is 17.8. The number of nitrogens with zero attached hydrogens (tertiary/aromatic N) is 2. The first-order chi connectivity index (χ1) is 13.0. The number of benzene rings is 3. The van der Waals surface area contributed by atoms with Crippen molar-refractivity contribution in [2.45, 2.75) is 13.5 Å². The summed E-state index contributed by atoms with van der Waals surface area (Å²) in [6.45, 7) is 2.39. The molecule has 0 saturated carbocycles. The number of anilines is 1. The molecule has 1 heterocycles. The van der Waals surface area contributed by atoms with Crippen LogP contribution in [0.3, 0.4) is 0 Å². The molecule has 0 unspecified atom stereocenters. The van der Waals surface area contributed by atoms with Gasteiger partial charge in [-0.3, -0.25) is 4.79 Å². The average Bonchev–Trinajstić information content (AvgIpc) is 2.92. The summed E-state index contributed by atoms with van der Waals surface area (Å²) in [6.07, 6.45) is 0. The highest BCUT2D eigenvalue weighted by atomic mass is 35.5. The van der Waals surface area contributed by atoms with E-state index in [1.807, 2.05) is 67.6 Å². The maximum Gasteiger partial charge on any atom is 0.277 e. The van der Waals surface area contributed by atoms with E-state index in [0.29, 0.717) is 28.0 Å². The lowest BCUT2D eigenvalue weighted by molar-refractivity contribution is -0.112. The zero-order chi connectivity index (χ0) is 19.0. The highest BCUT2D eigenvalue weighted by Gasteiger charge is 2.33. The maximum absolute atomic E-state index is 13.1. The third kappa shape index (κ3) is 3.48. The lowest BCUT2D eigenvalue weighted by atomic mass is 10.1. The van der Waals surface area contributed by atoms with Crippen LogP contribution in [0.5, 0.6) is 0 Å². The van der Waals surface area contributed by atoms with Crippen molar-refractivity contribution in [3.63, 3.8) is 0 Å². The third-order valence-corrected chi connectivity index (χ3v) is 5.21. The Morgan fingerprint density at radius 2 is 1.70 bits per heavy atom. The Morgan fingerprint density at radius 1 is 0.963 bits per heavy atom. The molecule has 3 nitrogen and oxygen atoms in total. The van der Waals surface area contributed by atoms with Crippen LogP contribution in [0.25, 0.3) is 0 Å². The standard InChI is InChI=1S/C22H16Cl2N2O/c1-14-6-11-17(12-19(14)24)25-21-18-4-2-3-5-20(18)26(22(21)27)13-15-7-9-16(23)10-8-15/h2-12H,13H2,1H3. The minimum Gasteiger partial charge on any atom is -0.302 e. The molecule has 4 rings (SSSR count). The summed E-state index contributed by atoms with van der Waals surface area (Å²) in [5.41, 5.74) is 4.75. The van der Waals surface area contributed by atoms with Crippen LogP contribution in [0.2, 0.25) is 10.0 Å². The molecule has 5 heteroatoms. The normalized spacial score (nSPS) is 14.7. The number of aryl methyl sites for hydroxylation is 1. The first-order valence-electron chi connectivity index (χ1n) is 8.53. The number of amides is 1. The van der Waals surface area contributed by atoms with Crippen molar-refractivity contribution < 1.29 is 4.79 Å². The molecule has 0 atom stereocenters. The summed E-state index contributed by atoms with van der Waals surface area (Å²) in [6, 6.07) is 20.7. The molecule has 27 heavy (non-hydrogen) atoms. The van der Waals surface area contributed by atoms with E-state index < -0.39 is 0 Å². The van der Waals surface area contributed by atoms with Crippen LogP contribution in [0.15, 0.2) is 71.7 Å². The number of aliphatic imine (C=N–C) groups is 1. The van der Waals surface area contributed by atoms with E-state index in [-0.39, 0.29) is 5.91 Å². The Morgan fingerprint density at radius 3 is 2.44 bits per heavy atom. The van der Waals surface area contributed by atoms with Crippen LogP contribution in [-0.4, -0.2) is 11.6 Å². The van der Waals surface area contributed by atoms with Crippen molar-refractivity contribution in [3.8, 4) is 0 Å². The number of carbonyl (C=O) groups excluding carboxylic acids is 1. The monoisotopic (exact) mass is 394 g/mol. The second-order valence-electron chi connectivity index (χ2n) is 6.43. The van der Waals surface area contributed by atoms with Gasteiger partial charge in [0, 0.05) is 15.6 Å². The van der Waals surface area contributed by atoms with Crippen molar-refractivity contribution in [2.75, 3.05) is 4.90 Å². The second kappa shape index (κ2) is 7.18. The molecule has 0 fully saturated rings. The molecule has 1 amide bonds. The molecule has 1 aliphatic heterocycles. The Hall–Kier alpha value is -2.62. The summed E-state index contributed by atoms with van der Waals surface area (Å²) in [7, 11) is 0. The Kier molecular flexibility index (Phi) is 4.73. The largest absolute Gasteiger partial charge is 0.302 e. The molecule has 1 aliphatic rings. The summed E-state index contributed by atoms with van der Waals surface area (Å²) < 4.78 is 0. The van der Waals surface area contributed by atoms with Gasteiger partial charge in [0.2, 0.25) is 0 Å². The topological polar surface area (TPSA) is 32.7 Å². The molecule has 134 valence electrons. The highest BCUT2D eigenvalue weighted by Crippen LogP contribution is 2.33. The van der Waals surface area contributed by atoms with Gasteiger partial charge in [0.25, 0.3) is 5.91 Å². The molecule has 0 bridgehead atoms. The van der Waals surface area contributed by atoms with Crippen LogP contribution >= 0.6 is 23.2 Å². The zero-order valence-corrected chi connectivity index (χ0v) is 16.1. The van der Waals surface area contributed by atoms with E-state index >= 15 is 0 Å². The molecule has 3 aromatic rings. The lowest BCUT2D eigenvalue weighted by Gasteiger charge is -2.16. The summed E-state index contributed by atoms with van der Waals surface area (Å²) in [4.78, 5) is 19.5. The predicted octanol–water partition coefficient (Wildman–Crippen LogP) is 5.97. The number of hydrogen-bond donors (Lipinski definition) is 0. The van der Waals surface area contributed by atoms with Crippen LogP contribution < -0.4 is 4.90 Å². The number of fused-ring (bicyclic) bond motifs is 1. The van der Waals surface area contributed by atoms with Crippen LogP contribution in [0, 0.1) is 6.92 Å². The minimum absolute atomic E-state index is 0.122. The van der Waals surface area contributed by atoms with Crippen molar-refractivity contribution in [1.82, 2.24) is 0 Å². The molecule has 0 saturated heterocycles. The maximum atomic E-state index is 13.1. The van der Waals surface area contributed by atoms with E-state index in [1.165, 1.54) is 0 Å². The fourth-order valence-corrected chi connectivity index (χ4v) is 3.38. The average molecular weight is 395 g/mol. The number of rotatable bonds is 3. The molecule has 0 spiro atoms. The van der Waals surface area contributed by atoms with Crippen LogP contribution in [-0.2, 0) is 11.3 Å². The molecular formula is C22H16Cl2N2O. The number of para-hydroxylation sites is 1. The van der Waals surface area contributed by atoms with E-state index in [9.17, 15) is 4.79 Å². The van der Waals surface area contributed by atoms with Crippen molar-refractivity contribution in [1.29, 1.82) is 0 Å². The Balaban J connectivity index is 1.74. The van der Waals surface area contributed by atoms with Gasteiger partial charge in [-0.25, -0.2) is 4.99 Å². The molecule has 3 aromatic carbocycles. The van der Waals surface area contributed by atoms with Gasteiger partial charge in [-0.15, -0.1) is 0 Å². The third-order valence-electron chi connectivity index (χ3n) is 4.55. The predicted molar refractivity (Wildman–Crippen MR) is 111 cm³/mol. The van der Waals surface area contributed by atoms with Gasteiger partial charge in [-0.2, -0.15) is 0 Å². The van der Waals surface area contributed by atoms with E-state index in [1.54, 1.807) is 11.0 Å². The molecular weight excluding hydrogens is 379 g/mol. The van der Waals surface area contributed by atoms with E-state index in [2.05, 4.69) is 4.99 Å². The molecule has 0 aromatic heterocycles. The number of carbonyl (C=O) groups is 1. The zero-order valence-electron chi connectivity index (χ0n) is 14.6. The van der Waals surface area contributed by atoms with E-state index in [4.69, 9.17) is 23.2 Å². The summed E-state index contributed by atoms with van der Waals surface area (Å²) in [5, 5.41) is 1.30. The Bertz CT molecular complexity index is 1060. The first-order valence-corrected chi connectivity index (χ1v) is 9.29. The molecule has 0 N–H and O–H groups in total. The van der Waals surface area contributed by atoms with E-state index in [0.717, 1.165) is 22.4 Å². The fourth-order valence-electron chi connectivity index (χ4n) is 3.08. The molecule has 0 radical (unpaired) electrons. The van der Waals surface area contributed by atoms with Gasteiger partial charge in [-0.1, -0.05) is 59.6 Å². The number of hydrogen-bond acceptors (Lipinski definition) is 2. The quantitative estimate of drug-likeness (QED) is 0.538. The van der Waals surface area contributed by atoms with Crippen molar-refractivity contribution >= 4 is 46.2 Å².